The van der Waals surface area contributed by atoms with Crippen molar-refractivity contribution in [1.82, 2.24) is 9.88 Å². The Balaban J connectivity index is 1.62. The van der Waals surface area contributed by atoms with Crippen LogP contribution in [0, 0.1) is 0 Å². The maximum Gasteiger partial charge on any atom is 0.267 e. The van der Waals surface area contributed by atoms with E-state index < -0.39 is 5.91 Å². The van der Waals surface area contributed by atoms with Crippen molar-refractivity contribution in [3.63, 3.8) is 0 Å². The fourth-order valence-electron chi connectivity index (χ4n) is 2.99. The van der Waals surface area contributed by atoms with Crippen LogP contribution in [-0.4, -0.2) is 40.9 Å². The average molecular weight is 374 g/mol. The van der Waals surface area contributed by atoms with Crippen LogP contribution < -0.4 is 10.5 Å². The first kappa shape index (κ1) is 18.2. The van der Waals surface area contributed by atoms with E-state index in [1.54, 1.807) is 17.0 Å². The third-order valence-electron chi connectivity index (χ3n) is 4.32. The van der Waals surface area contributed by atoms with Crippen LogP contribution in [-0.2, 0) is 11.2 Å². The van der Waals surface area contributed by atoms with Crippen LogP contribution in [0.25, 0.3) is 0 Å². The molecule has 1 fully saturated rings. The van der Waals surface area contributed by atoms with Crippen molar-refractivity contribution < 1.29 is 14.3 Å². The molecule has 0 saturated carbocycles. The van der Waals surface area contributed by atoms with Crippen molar-refractivity contribution in [3.8, 4) is 5.75 Å². The predicted molar refractivity (Wildman–Crippen MR) is 98.1 cm³/mol. The first-order valence-corrected chi connectivity index (χ1v) is 8.84. The number of carbonyl (C=O) groups is 2. The van der Waals surface area contributed by atoms with Gasteiger partial charge in [0.2, 0.25) is 5.91 Å². The van der Waals surface area contributed by atoms with E-state index in [0.717, 1.165) is 18.4 Å². The van der Waals surface area contributed by atoms with Crippen LogP contribution in [0.5, 0.6) is 5.75 Å². The SMILES string of the molecule is NC(=O)c1cc(OC2CCCN(C(=O)Cc3ccccc3Cl)C2)ccn1. The van der Waals surface area contributed by atoms with Gasteiger partial charge in [-0.3, -0.25) is 14.6 Å². The van der Waals surface area contributed by atoms with E-state index in [1.807, 2.05) is 18.2 Å². The summed E-state index contributed by atoms with van der Waals surface area (Å²) in [5, 5.41) is 0.599. The van der Waals surface area contributed by atoms with Gasteiger partial charge in [0.15, 0.2) is 0 Å². The molecule has 6 nitrogen and oxygen atoms in total. The summed E-state index contributed by atoms with van der Waals surface area (Å²) in [6.07, 6.45) is 3.31. The number of amides is 2. The Kier molecular flexibility index (Phi) is 5.73. The third kappa shape index (κ3) is 4.52. The van der Waals surface area contributed by atoms with Gasteiger partial charge in [0.1, 0.15) is 17.5 Å². The normalized spacial score (nSPS) is 17.0. The Morgan fingerprint density at radius 1 is 1.31 bits per heavy atom. The number of benzene rings is 1. The highest BCUT2D eigenvalue weighted by atomic mass is 35.5. The standard InChI is InChI=1S/C19H20ClN3O3/c20-16-6-2-1-4-13(16)10-18(24)23-9-3-5-15(12-23)26-14-7-8-22-17(11-14)19(21)25/h1-2,4,6-8,11,15H,3,5,9-10,12H2,(H2,21,25). The van der Waals surface area contributed by atoms with Crippen molar-refractivity contribution in [2.45, 2.75) is 25.4 Å². The average Bonchev–Trinajstić information content (AvgIpc) is 2.64. The number of halogens is 1. The van der Waals surface area contributed by atoms with Crippen molar-refractivity contribution in [2.24, 2.45) is 5.73 Å². The molecule has 7 heteroatoms. The molecule has 1 saturated heterocycles. The molecule has 0 spiro atoms. The number of hydrogen-bond acceptors (Lipinski definition) is 4. The van der Waals surface area contributed by atoms with Gasteiger partial charge in [0.25, 0.3) is 5.91 Å². The Morgan fingerprint density at radius 3 is 2.88 bits per heavy atom. The lowest BCUT2D eigenvalue weighted by atomic mass is 10.1. The molecule has 2 amide bonds. The first-order chi connectivity index (χ1) is 12.5. The number of pyridine rings is 1. The van der Waals surface area contributed by atoms with Crippen LogP contribution in [0.2, 0.25) is 5.02 Å². The molecule has 136 valence electrons. The van der Waals surface area contributed by atoms with Gasteiger partial charge in [-0.2, -0.15) is 0 Å². The van der Waals surface area contributed by atoms with E-state index in [4.69, 9.17) is 22.1 Å². The molecule has 2 aromatic rings. The fraction of sp³-hybridized carbons (Fsp3) is 0.316. The van der Waals surface area contributed by atoms with Gasteiger partial charge in [0.05, 0.1) is 13.0 Å². The zero-order valence-electron chi connectivity index (χ0n) is 14.2. The maximum absolute atomic E-state index is 12.6. The van der Waals surface area contributed by atoms with Crippen molar-refractivity contribution in [3.05, 3.63) is 58.9 Å². The lowest BCUT2D eigenvalue weighted by molar-refractivity contribution is -0.133. The summed E-state index contributed by atoms with van der Waals surface area (Å²) >= 11 is 6.14. The highest BCUT2D eigenvalue weighted by molar-refractivity contribution is 6.31. The van der Waals surface area contributed by atoms with Crippen LogP contribution in [0.3, 0.4) is 0 Å². The summed E-state index contributed by atoms with van der Waals surface area (Å²) in [5.41, 5.74) is 6.22. The second kappa shape index (κ2) is 8.19. The predicted octanol–water partition coefficient (Wildman–Crippen LogP) is 2.45. The van der Waals surface area contributed by atoms with Gasteiger partial charge < -0.3 is 15.4 Å². The van der Waals surface area contributed by atoms with Gasteiger partial charge in [-0.05, 0) is 30.5 Å². The fourth-order valence-corrected chi connectivity index (χ4v) is 3.19. The van der Waals surface area contributed by atoms with Crippen molar-refractivity contribution in [2.75, 3.05) is 13.1 Å². The Morgan fingerprint density at radius 2 is 2.12 bits per heavy atom. The lowest BCUT2D eigenvalue weighted by Gasteiger charge is -2.33. The number of piperidine rings is 1. The van der Waals surface area contributed by atoms with E-state index in [-0.39, 0.29) is 24.1 Å². The topological polar surface area (TPSA) is 85.5 Å². The molecule has 1 unspecified atom stereocenters. The number of hydrogen-bond donors (Lipinski definition) is 1. The molecule has 26 heavy (non-hydrogen) atoms. The largest absolute Gasteiger partial charge is 0.488 e. The van der Waals surface area contributed by atoms with Gasteiger partial charge in [-0.25, -0.2) is 0 Å². The molecule has 1 aliphatic heterocycles. The molecular weight excluding hydrogens is 354 g/mol. The highest BCUT2D eigenvalue weighted by Crippen LogP contribution is 2.21. The lowest BCUT2D eigenvalue weighted by Crippen LogP contribution is -2.45. The van der Waals surface area contributed by atoms with Crippen LogP contribution >= 0.6 is 11.6 Å². The molecular formula is C19H20ClN3O3. The molecule has 0 bridgehead atoms. The molecule has 1 aromatic heterocycles. The summed E-state index contributed by atoms with van der Waals surface area (Å²) in [6, 6.07) is 10.6. The van der Waals surface area contributed by atoms with Crippen LogP contribution in [0.1, 0.15) is 28.9 Å². The maximum atomic E-state index is 12.6. The summed E-state index contributed by atoms with van der Waals surface area (Å²) in [6.45, 7) is 1.20. The number of likely N-dealkylation sites (tertiary alicyclic amines) is 1. The van der Waals surface area contributed by atoms with Crippen molar-refractivity contribution >= 4 is 23.4 Å². The first-order valence-electron chi connectivity index (χ1n) is 8.46. The van der Waals surface area contributed by atoms with Crippen LogP contribution in [0.4, 0.5) is 0 Å². The van der Waals surface area contributed by atoms with Crippen molar-refractivity contribution in [1.29, 1.82) is 0 Å². The summed E-state index contributed by atoms with van der Waals surface area (Å²) < 4.78 is 5.93. The smallest absolute Gasteiger partial charge is 0.267 e. The number of aromatic nitrogens is 1. The summed E-state index contributed by atoms with van der Waals surface area (Å²) in [5.74, 6) is -0.0474. The number of primary amides is 1. The Labute approximate surface area is 156 Å². The van der Waals surface area contributed by atoms with E-state index in [9.17, 15) is 9.59 Å². The second-order valence-electron chi connectivity index (χ2n) is 6.23. The summed E-state index contributed by atoms with van der Waals surface area (Å²) in [4.78, 5) is 29.5. The Bertz CT molecular complexity index is 812. The van der Waals surface area contributed by atoms with Gasteiger partial charge >= 0.3 is 0 Å². The number of ether oxygens (including phenoxy) is 1. The van der Waals surface area contributed by atoms with E-state index in [2.05, 4.69) is 4.98 Å². The van der Waals surface area contributed by atoms with Gasteiger partial charge in [-0.1, -0.05) is 29.8 Å². The molecule has 1 aliphatic rings. The number of carbonyl (C=O) groups excluding carboxylic acids is 2. The molecule has 2 heterocycles. The molecule has 2 N–H and O–H groups in total. The number of rotatable bonds is 5. The minimum Gasteiger partial charge on any atom is -0.488 e. The third-order valence-corrected chi connectivity index (χ3v) is 4.69. The monoisotopic (exact) mass is 373 g/mol. The minimum atomic E-state index is -0.601. The second-order valence-corrected chi connectivity index (χ2v) is 6.64. The van der Waals surface area contributed by atoms with Gasteiger partial charge in [-0.15, -0.1) is 0 Å². The zero-order valence-corrected chi connectivity index (χ0v) is 15.0. The molecule has 1 atom stereocenters. The van der Waals surface area contributed by atoms with Gasteiger partial charge in [0, 0.05) is 23.8 Å². The minimum absolute atomic E-state index is 0.0268. The molecule has 0 aliphatic carbocycles. The highest BCUT2D eigenvalue weighted by Gasteiger charge is 2.25. The Hall–Kier alpha value is -2.60. The molecule has 0 radical (unpaired) electrons. The summed E-state index contributed by atoms with van der Waals surface area (Å²) in [7, 11) is 0. The zero-order chi connectivity index (χ0) is 18.5. The molecule has 3 rings (SSSR count). The quantitative estimate of drug-likeness (QED) is 0.872. The number of nitrogens with zero attached hydrogens (tertiary/aromatic N) is 2. The van der Waals surface area contributed by atoms with Crippen LogP contribution in [0.15, 0.2) is 42.6 Å². The molecule has 1 aromatic carbocycles. The van der Waals surface area contributed by atoms with E-state index in [0.29, 0.717) is 23.9 Å². The van der Waals surface area contributed by atoms with E-state index >= 15 is 0 Å². The van der Waals surface area contributed by atoms with E-state index in [1.165, 1.54) is 12.3 Å². The number of nitrogens with two attached hydrogens (primary N) is 1.